The number of carbonyl (C=O) groups is 2. The first-order valence-corrected chi connectivity index (χ1v) is 13.5. The Kier molecular flexibility index (Phi) is 7.37. The van der Waals surface area contributed by atoms with Crippen LogP contribution in [0.25, 0.3) is 22.2 Å². The number of carboxylic acid groups (broad SMARTS) is 1. The third-order valence-electron chi connectivity index (χ3n) is 7.26. The lowest BCUT2D eigenvalue weighted by atomic mass is 10.1. The molecule has 5 heterocycles. The summed E-state index contributed by atoms with van der Waals surface area (Å²) in [7, 11) is 0. The van der Waals surface area contributed by atoms with E-state index in [2.05, 4.69) is 30.7 Å². The van der Waals surface area contributed by atoms with Crippen molar-refractivity contribution in [2.45, 2.75) is 25.6 Å². The highest BCUT2D eigenvalue weighted by atomic mass is 16.4. The van der Waals surface area contributed by atoms with Gasteiger partial charge in [0.1, 0.15) is 6.54 Å². The first-order chi connectivity index (χ1) is 20.4. The molecular weight excluding hydrogens is 538 g/mol. The third kappa shape index (κ3) is 5.70. The number of hydrogen-bond acceptors (Lipinski definition) is 7. The fourth-order valence-electron chi connectivity index (χ4n) is 4.94. The number of nitrogens with one attached hydrogen (secondary N) is 3. The van der Waals surface area contributed by atoms with Gasteiger partial charge in [0.25, 0.3) is 5.56 Å². The number of nitrogens with zero attached hydrogens (tertiary/aromatic N) is 6. The summed E-state index contributed by atoms with van der Waals surface area (Å²) in [5, 5.41) is 20.5. The molecule has 6 rings (SSSR count). The highest BCUT2D eigenvalue weighted by molar-refractivity contribution is 5.80. The predicted octanol–water partition coefficient (Wildman–Crippen LogP) is 2.49. The molecule has 13 nitrogen and oxygen atoms in total. The minimum Gasteiger partial charge on any atom is -0.465 e. The molecule has 0 atom stereocenters. The molecule has 2 amide bonds. The van der Waals surface area contributed by atoms with E-state index in [0.29, 0.717) is 37.3 Å². The molecule has 5 aromatic rings. The van der Waals surface area contributed by atoms with Gasteiger partial charge in [0.15, 0.2) is 5.82 Å². The average molecular weight is 568 g/mol. The van der Waals surface area contributed by atoms with E-state index >= 15 is 0 Å². The molecule has 1 fully saturated rings. The molecule has 1 aliphatic rings. The first-order valence-electron chi connectivity index (χ1n) is 13.5. The third-order valence-corrected chi connectivity index (χ3v) is 7.26. The number of aromatic amines is 1. The molecule has 4 aromatic heterocycles. The second kappa shape index (κ2) is 11.6. The van der Waals surface area contributed by atoms with Gasteiger partial charge in [-0.2, -0.15) is 5.10 Å². The van der Waals surface area contributed by atoms with Gasteiger partial charge >= 0.3 is 6.09 Å². The maximum atomic E-state index is 13.6. The molecule has 4 N–H and O–H groups in total. The Bertz CT molecular complexity index is 1750. The zero-order valence-corrected chi connectivity index (χ0v) is 22.6. The van der Waals surface area contributed by atoms with E-state index in [4.69, 9.17) is 5.11 Å². The molecule has 0 radical (unpaired) electrons. The van der Waals surface area contributed by atoms with Gasteiger partial charge in [0, 0.05) is 60.4 Å². The van der Waals surface area contributed by atoms with Gasteiger partial charge in [0.05, 0.1) is 30.7 Å². The number of benzene rings is 1. The molecule has 0 aliphatic carbocycles. The van der Waals surface area contributed by atoms with Crippen LogP contribution in [0.3, 0.4) is 0 Å². The van der Waals surface area contributed by atoms with Crippen molar-refractivity contribution in [2.24, 2.45) is 0 Å². The van der Waals surface area contributed by atoms with Crippen LogP contribution < -0.4 is 16.2 Å². The van der Waals surface area contributed by atoms with Gasteiger partial charge in [-0.3, -0.25) is 23.8 Å². The molecule has 0 saturated carbocycles. The highest BCUT2D eigenvalue weighted by Gasteiger charge is 2.32. The van der Waals surface area contributed by atoms with E-state index in [0.717, 1.165) is 22.2 Å². The molecular formula is C29H29N9O4. The van der Waals surface area contributed by atoms with E-state index in [-0.39, 0.29) is 30.9 Å². The van der Waals surface area contributed by atoms with Gasteiger partial charge in [-0.15, -0.1) is 0 Å². The van der Waals surface area contributed by atoms with Crippen molar-refractivity contribution < 1.29 is 14.7 Å². The Labute approximate surface area is 239 Å². The summed E-state index contributed by atoms with van der Waals surface area (Å²) in [4.78, 5) is 50.9. The summed E-state index contributed by atoms with van der Waals surface area (Å²) in [6, 6.07) is 13.6. The van der Waals surface area contributed by atoms with Gasteiger partial charge in [0.2, 0.25) is 5.91 Å². The molecule has 1 aromatic carbocycles. The van der Waals surface area contributed by atoms with Gasteiger partial charge in [-0.25, -0.2) is 9.78 Å². The molecule has 0 bridgehead atoms. The second-order valence-electron chi connectivity index (χ2n) is 10.1. The second-order valence-corrected chi connectivity index (χ2v) is 10.1. The zero-order chi connectivity index (χ0) is 29.1. The van der Waals surface area contributed by atoms with Gasteiger partial charge < -0.3 is 25.6 Å². The Morgan fingerprint density at radius 3 is 2.71 bits per heavy atom. The maximum absolute atomic E-state index is 13.6. The van der Waals surface area contributed by atoms with Crippen LogP contribution in [0.4, 0.5) is 10.6 Å². The molecule has 1 aliphatic heterocycles. The Hall–Kier alpha value is -5.46. The van der Waals surface area contributed by atoms with Crippen molar-refractivity contribution in [3.8, 4) is 11.3 Å². The number of H-pyrrole nitrogens is 1. The number of likely N-dealkylation sites (tertiary alicyclic amines) is 1. The summed E-state index contributed by atoms with van der Waals surface area (Å²) in [6.07, 6.45) is 8.06. The smallest absolute Gasteiger partial charge is 0.407 e. The first kappa shape index (κ1) is 26.7. The fourth-order valence-corrected chi connectivity index (χ4v) is 4.94. The molecule has 214 valence electrons. The molecule has 42 heavy (non-hydrogen) atoms. The van der Waals surface area contributed by atoms with Crippen molar-refractivity contribution in [1.29, 1.82) is 0 Å². The molecule has 13 heteroatoms. The summed E-state index contributed by atoms with van der Waals surface area (Å²) in [5.41, 5.74) is 3.46. The number of amides is 2. The Morgan fingerprint density at radius 2 is 1.93 bits per heavy atom. The standard InChI is InChI=1S/C29H29N9O4/c39-26(32-13-22-10-20-11-30-8-7-24(20)35-22)18-37-25(21-12-34-38(15-21)23-16-36(17-23)29(41)42)14-33-27(28(37)40)31-9-6-19-4-2-1-3-5-19/h1-5,7-8,10-12,14-15,23,35H,6,9,13,16-18H2,(H,31,33)(H,32,39)(H,41,42). The summed E-state index contributed by atoms with van der Waals surface area (Å²) < 4.78 is 3.06. The van der Waals surface area contributed by atoms with Crippen LogP contribution in [0.15, 0.2) is 78.2 Å². The number of hydrogen-bond donors (Lipinski definition) is 4. The summed E-state index contributed by atoms with van der Waals surface area (Å²) in [5.74, 6) is -0.200. The van der Waals surface area contributed by atoms with E-state index in [1.165, 1.54) is 9.47 Å². The van der Waals surface area contributed by atoms with Crippen LogP contribution in [0.2, 0.25) is 0 Å². The van der Waals surface area contributed by atoms with Crippen molar-refractivity contribution in [2.75, 3.05) is 25.0 Å². The predicted molar refractivity (Wildman–Crippen MR) is 155 cm³/mol. The highest BCUT2D eigenvalue weighted by Crippen LogP contribution is 2.24. The number of fused-ring (bicyclic) bond motifs is 1. The number of rotatable bonds is 10. The quantitative estimate of drug-likeness (QED) is 0.200. The molecule has 0 unspecified atom stereocenters. The lowest BCUT2D eigenvalue weighted by Crippen LogP contribution is -2.50. The van der Waals surface area contributed by atoms with Crippen LogP contribution in [0, 0.1) is 0 Å². The zero-order valence-electron chi connectivity index (χ0n) is 22.6. The van der Waals surface area contributed by atoms with Crippen molar-refractivity contribution in [3.63, 3.8) is 0 Å². The van der Waals surface area contributed by atoms with Gasteiger partial charge in [-0.1, -0.05) is 30.3 Å². The topological polar surface area (TPSA) is 163 Å². The van der Waals surface area contributed by atoms with E-state index in [1.807, 2.05) is 42.5 Å². The van der Waals surface area contributed by atoms with Crippen molar-refractivity contribution >= 4 is 28.7 Å². The number of pyridine rings is 1. The largest absolute Gasteiger partial charge is 0.465 e. The van der Waals surface area contributed by atoms with Crippen LogP contribution in [-0.2, 0) is 24.3 Å². The average Bonchev–Trinajstić information content (AvgIpc) is 3.61. The SMILES string of the molecule is O=C(Cn1c(-c2cnn(C3CN(C(=O)O)C3)c2)cnc(NCCc2ccccc2)c1=O)NCc1cc2cnccc2[nH]1. The number of carbonyl (C=O) groups excluding carboxylic acids is 1. The van der Waals surface area contributed by atoms with Crippen LogP contribution in [0.1, 0.15) is 17.3 Å². The van der Waals surface area contributed by atoms with Crippen LogP contribution >= 0.6 is 0 Å². The summed E-state index contributed by atoms with van der Waals surface area (Å²) in [6.45, 7) is 1.18. The van der Waals surface area contributed by atoms with Crippen LogP contribution in [0.5, 0.6) is 0 Å². The summed E-state index contributed by atoms with van der Waals surface area (Å²) >= 11 is 0. The Balaban J connectivity index is 1.21. The maximum Gasteiger partial charge on any atom is 0.407 e. The molecule has 0 spiro atoms. The van der Waals surface area contributed by atoms with E-state index in [1.54, 1.807) is 35.7 Å². The normalized spacial score (nSPS) is 13.2. The fraction of sp³-hybridized carbons (Fsp3) is 0.241. The Morgan fingerprint density at radius 1 is 1.10 bits per heavy atom. The van der Waals surface area contributed by atoms with Crippen LogP contribution in [-0.4, -0.2) is 70.9 Å². The number of aromatic nitrogens is 6. The van der Waals surface area contributed by atoms with E-state index < -0.39 is 11.7 Å². The lowest BCUT2D eigenvalue weighted by molar-refractivity contribution is -0.121. The minimum atomic E-state index is -0.970. The van der Waals surface area contributed by atoms with Crippen molar-refractivity contribution in [1.82, 2.24) is 39.5 Å². The molecule has 1 saturated heterocycles. The van der Waals surface area contributed by atoms with Gasteiger partial charge in [-0.05, 0) is 24.1 Å². The monoisotopic (exact) mass is 567 g/mol. The number of anilines is 1. The minimum absolute atomic E-state index is 0.100. The van der Waals surface area contributed by atoms with E-state index in [9.17, 15) is 14.4 Å². The van der Waals surface area contributed by atoms with Crippen molar-refractivity contribution in [3.05, 3.63) is 95.1 Å². The lowest BCUT2D eigenvalue weighted by Gasteiger charge is -2.36.